The average Bonchev–Trinajstić information content (AvgIpc) is 2.20. The van der Waals surface area contributed by atoms with Crippen molar-refractivity contribution < 1.29 is 4.79 Å². The van der Waals surface area contributed by atoms with Crippen molar-refractivity contribution in [2.45, 2.75) is 23.9 Å². The predicted molar refractivity (Wildman–Crippen MR) is 66.4 cm³/mol. The number of amides is 1. The largest absolute Gasteiger partial charge is 0.368 e. The number of halogens is 1. The molecule has 0 bridgehead atoms. The Kier molecular flexibility index (Phi) is 4.58. The molecule has 0 aliphatic heterocycles. The molecule has 0 saturated heterocycles. The summed E-state index contributed by atoms with van der Waals surface area (Å²) >= 11 is 7.22. The smallest absolute Gasteiger partial charge is 0.237 e. The Bertz CT molecular complexity index is 367. The lowest BCUT2D eigenvalue weighted by Crippen LogP contribution is -2.49. The van der Waals surface area contributed by atoms with E-state index in [4.69, 9.17) is 23.1 Å². The fourth-order valence-electron chi connectivity index (χ4n) is 0.938. The number of nitrogens with two attached hydrogens (primary N) is 2. The molecule has 88 valence electrons. The van der Waals surface area contributed by atoms with E-state index in [-0.39, 0.29) is 0 Å². The Morgan fingerprint density at radius 2 is 2.31 bits per heavy atom. The van der Waals surface area contributed by atoms with Gasteiger partial charge in [0.25, 0.3) is 0 Å². The molecule has 0 aromatic carbocycles. The van der Waals surface area contributed by atoms with Crippen LogP contribution in [0.4, 0.5) is 0 Å². The summed E-state index contributed by atoms with van der Waals surface area (Å²) in [5.41, 5.74) is 9.92. The molecule has 4 nitrogen and oxygen atoms in total. The molecule has 6 heteroatoms. The Morgan fingerprint density at radius 1 is 1.62 bits per heavy atom. The van der Waals surface area contributed by atoms with Crippen molar-refractivity contribution in [3.05, 3.63) is 23.4 Å². The Labute approximate surface area is 104 Å². The molecular weight excluding hydrogens is 246 g/mol. The summed E-state index contributed by atoms with van der Waals surface area (Å²) < 4.78 is 0. The van der Waals surface area contributed by atoms with Gasteiger partial charge in [-0.05, 0) is 25.5 Å². The highest BCUT2D eigenvalue weighted by Gasteiger charge is 2.24. The van der Waals surface area contributed by atoms with Crippen molar-refractivity contribution in [3.63, 3.8) is 0 Å². The summed E-state index contributed by atoms with van der Waals surface area (Å²) in [6.07, 6.45) is 2.09. The van der Waals surface area contributed by atoms with Crippen LogP contribution >= 0.6 is 23.4 Å². The van der Waals surface area contributed by atoms with E-state index < -0.39 is 11.4 Å². The summed E-state index contributed by atoms with van der Waals surface area (Å²) in [7, 11) is 0. The third-order valence-corrected chi connectivity index (χ3v) is 3.30. The lowest BCUT2D eigenvalue weighted by molar-refractivity contribution is -0.122. The minimum Gasteiger partial charge on any atom is -0.368 e. The predicted octanol–water partition coefficient (Wildman–Crippen LogP) is 1.42. The first-order chi connectivity index (χ1) is 7.42. The Balaban J connectivity index is 2.41. The van der Waals surface area contributed by atoms with Crippen LogP contribution in [-0.2, 0) is 4.79 Å². The number of hydrogen-bond acceptors (Lipinski definition) is 4. The van der Waals surface area contributed by atoms with Crippen molar-refractivity contribution in [2.24, 2.45) is 11.5 Å². The van der Waals surface area contributed by atoms with Crippen LogP contribution in [0.3, 0.4) is 0 Å². The number of carbonyl (C=O) groups is 1. The van der Waals surface area contributed by atoms with E-state index in [0.29, 0.717) is 17.2 Å². The lowest BCUT2D eigenvalue weighted by atomic mass is 10.0. The van der Waals surface area contributed by atoms with Crippen LogP contribution in [0, 0.1) is 0 Å². The highest BCUT2D eigenvalue weighted by atomic mass is 35.5. The quantitative estimate of drug-likeness (QED) is 0.784. The topological polar surface area (TPSA) is 82.0 Å². The van der Waals surface area contributed by atoms with Gasteiger partial charge in [0.2, 0.25) is 5.91 Å². The fourth-order valence-corrected chi connectivity index (χ4v) is 2.08. The summed E-state index contributed by atoms with van der Waals surface area (Å²) in [5.74, 6) is 0.196. The van der Waals surface area contributed by atoms with Crippen LogP contribution in [0.1, 0.15) is 13.3 Å². The van der Waals surface area contributed by atoms with Crippen molar-refractivity contribution in [2.75, 3.05) is 5.75 Å². The molecule has 1 rings (SSSR count). The normalized spacial score (nSPS) is 14.4. The summed E-state index contributed by atoms with van der Waals surface area (Å²) in [6.45, 7) is 1.63. The number of nitrogens with zero attached hydrogens (tertiary/aromatic N) is 1. The number of primary amides is 1. The van der Waals surface area contributed by atoms with Gasteiger partial charge in [-0.2, -0.15) is 0 Å². The van der Waals surface area contributed by atoms with Gasteiger partial charge in [-0.1, -0.05) is 11.6 Å². The molecule has 4 N–H and O–H groups in total. The first kappa shape index (κ1) is 13.3. The molecule has 1 unspecified atom stereocenters. The molecule has 1 aromatic rings. The van der Waals surface area contributed by atoms with Gasteiger partial charge in [-0.3, -0.25) is 4.79 Å². The number of carbonyl (C=O) groups excluding carboxylic acids is 1. The van der Waals surface area contributed by atoms with Crippen LogP contribution in [0.15, 0.2) is 23.4 Å². The standard InChI is InChI=1S/C10H14ClN3OS/c1-10(13,9(12)15)4-5-16-8-3-2-7(11)6-14-8/h2-3,6H,4-5,13H2,1H3,(H2,12,15). The van der Waals surface area contributed by atoms with Crippen molar-refractivity contribution in [1.82, 2.24) is 4.98 Å². The highest BCUT2D eigenvalue weighted by molar-refractivity contribution is 7.99. The van der Waals surface area contributed by atoms with E-state index in [0.717, 1.165) is 5.03 Å². The van der Waals surface area contributed by atoms with Gasteiger partial charge in [0, 0.05) is 11.9 Å². The minimum absolute atomic E-state index is 0.489. The SMILES string of the molecule is CC(N)(CCSc1ccc(Cl)cn1)C(N)=O. The Morgan fingerprint density at radius 3 is 2.81 bits per heavy atom. The first-order valence-electron chi connectivity index (χ1n) is 4.75. The third-order valence-electron chi connectivity index (χ3n) is 2.13. The van der Waals surface area contributed by atoms with E-state index in [1.165, 1.54) is 11.8 Å². The number of aromatic nitrogens is 1. The summed E-state index contributed by atoms with van der Waals surface area (Å²) in [6, 6.07) is 3.59. The van der Waals surface area contributed by atoms with E-state index in [2.05, 4.69) is 4.98 Å². The Hall–Kier alpha value is -0.780. The van der Waals surface area contributed by atoms with Crippen LogP contribution in [0.2, 0.25) is 5.02 Å². The summed E-state index contributed by atoms with van der Waals surface area (Å²) in [5, 5.41) is 1.45. The maximum absolute atomic E-state index is 11.0. The molecule has 1 heterocycles. The van der Waals surface area contributed by atoms with Crippen LogP contribution < -0.4 is 11.5 Å². The molecule has 0 fully saturated rings. The van der Waals surface area contributed by atoms with Gasteiger partial charge in [0.1, 0.15) is 0 Å². The van der Waals surface area contributed by atoms with Gasteiger partial charge in [-0.25, -0.2) is 4.98 Å². The van der Waals surface area contributed by atoms with Gasteiger partial charge in [-0.15, -0.1) is 11.8 Å². The molecule has 1 aromatic heterocycles. The highest BCUT2D eigenvalue weighted by Crippen LogP contribution is 2.20. The van der Waals surface area contributed by atoms with Gasteiger partial charge in [0.15, 0.2) is 0 Å². The van der Waals surface area contributed by atoms with E-state index in [1.807, 2.05) is 6.07 Å². The monoisotopic (exact) mass is 259 g/mol. The molecule has 0 saturated carbocycles. The average molecular weight is 260 g/mol. The maximum Gasteiger partial charge on any atom is 0.237 e. The zero-order chi connectivity index (χ0) is 12.2. The molecule has 0 aliphatic rings. The van der Waals surface area contributed by atoms with E-state index in [1.54, 1.807) is 19.2 Å². The molecule has 0 radical (unpaired) electrons. The fraction of sp³-hybridized carbons (Fsp3) is 0.400. The number of rotatable bonds is 5. The molecule has 1 amide bonds. The van der Waals surface area contributed by atoms with Crippen LogP contribution in [0.25, 0.3) is 0 Å². The molecule has 0 aliphatic carbocycles. The van der Waals surface area contributed by atoms with Gasteiger partial charge < -0.3 is 11.5 Å². The lowest BCUT2D eigenvalue weighted by Gasteiger charge is -2.19. The zero-order valence-electron chi connectivity index (χ0n) is 8.94. The first-order valence-corrected chi connectivity index (χ1v) is 6.11. The van der Waals surface area contributed by atoms with Gasteiger partial charge >= 0.3 is 0 Å². The van der Waals surface area contributed by atoms with Crippen molar-refractivity contribution in [3.8, 4) is 0 Å². The summed E-state index contributed by atoms with van der Waals surface area (Å²) in [4.78, 5) is 15.1. The zero-order valence-corrected chi connectivity index (χ0v) is 10.5. The van der Waals surface area contributed by atoms with Crippen LogP contribution in [0.5, 0.6) is 0 Å². The molecule has 1 atom stereocenters. The van der Waals surface area contributed by atoms with E-state index >= 15 is 0 Å². The second-order valence-corrected chi connectivity index (χ2v) is 5.25. The molecule has 0 spiro atoms. The molecular formula is C10H14ClN3OS. The van der Waals surface area contributed by atoms with E-state index in [9.17, 15) is 4.79 Å². The van der Waals surface area contributed by atoms with Crippen LogP contribution in [-0.4, -0.2) is 22.2 Å². The number of thioether (sulfide) groups is 1. The number of pyridine rings is 1. The maximum atomic E-state index is 11.0. The molecule has 16 heavy (non-hydrogen) atoms. The van der Waals surface area contributed by atoms with Crippen molar-refractivity contribution >= 4 is 29.3 Å². The second kappa shape index (κ2) is 5.52. The second-order valence-electron chi connectivity index (χ2n) is 3.69. The van der Waals surface area contributed by atoms with Gasteiger partial charge in [0.05, 0.1) is 15.6 Å². The number of hydrogen-bond donors (Lipinski definition) is 2. The minimum atomic E-state index is -0.959. The van der Waals surface area contributed by atoms with Crippen molar-refractivity contribution in [1.29, 1.82) is 0 Å². The third kappa shape index (κ3) is 4.00.